The molecule has 0 atom stereocenters. The van der Waals surface area contributed by atoms with E-state index in [1.165, 1.54) is 19.2 Å². The van der Waals surface area contributed by atoms with Crippen molar-refractivity contribution in [3.63, 3.8) is 0 Å². The van der Waals surface area contributed by atoms with E-state index in [-0.39, 0.29) is 21.9 Å². The summed E-state index contributed by atoms with van der Waals surface area (Å²) >= 11 is 5.15. The fraction of sp³-hybridized carbons (Fsp3) is 0.250. The van der Waals surface area contributed by atoms with Crippen molar-refractivity contribution in [2.45, 2.75) is 12.8 Å². The van der Waals surface area contributed by atoms with Crippen molar-refractivity contribution >= 4 is 46.3 Å². The SMILES string of the molecule is COC(=O)c1ccccc1NC(=S)NC(=O)c1ccc(N2CCCC2)c([N+](=O)[O-])c1. The van der Waals surface area contributed by atoms with Crippen LogP contribution < -0.4 is 15.5 Å². The molecule has 1 fully saturated rings. The number of nitrogens with zero attached hydrogens (tertiary/aromatic N) is 2. The highest BCUT2D eigenvalue weighted by Gasteiger charge is 2.24. The lowest BCUT2D eigenvalue weighted by molar-refractivity contribution is -0.384. The van der Waals surface area contributed by atoms with Gasteiger partial charge in [0.05, 0.1) is 23.3 Å². The topological polar surface area (TPSA) is 114 Å². The van der Waals surface area contributed by atoms with Crippen LogP contribution in [0, 0.1) is 10.1 Å². The van der Waals surface area contributed by atoms with E-state index in [4.69, 9.17) is 17.0 Å². The number of amides is 1. The van der Waals surface area contributed by atoms with Gasteiger partial charge >= 0.3 is 5.97 Å². The number of carbonyl (C=O) groups is 2. The summed E-state index contributed by atoms with van der Waals surface area (Å²) in [7, 11) is 1.26. The number of esters is 1. The lowest BCUT2D eigenvalue weighted by atomic mass is 10.1. The fourth-order valence-corrected chi connectivity index (χ4v) is 3.45. The Morgan fingerprint density at radius 1 is 1.17 bits per heavy atom. The molecule has 0 bridgehead atoms. The van der Waals surface area contributed by atoms with Gasteiger partial charge in [-0.2, -0.15) is 0 Å². The molecular formula is C20H20N4O5S. The molecule has 1 aliphatic heterocycles. The predicted molar refractivity (Wildman–Crippen MR) is 116 cm³/mol. The normalized spacial score (nSPS) is 12.9. The largest absolute Gasteiger partial charge is 0.465 e. The number of hydrogen-bond donors (Lipinski definition) is 2. The average molecular weight is 428 g/mol. The lowest BCUT2D eigenvalue weighted by Gasteiger charge is -2.18. The first kappa shape index (κ1) is 21.2. The third-order valence-electron chi connectivity index (χ3n) is 4.69. The van der Waals surface area contributed by atoms with Gasteiger partial charge in [-0.3, -0.25) is 20.2 Å². The maximum atomic E-state index is 12.6. The number of carbonyl (C=O) groups excluding carboxylic acids is 2. The molecule has 0 unspecified atom stereocenters. The second-order valence-electron chi connectivity index (χ2n) is 6.60. The Labute approximate surface area is 178 Å². The molecule has 2 N–H and O–H groups in total. The summed E-state index contributed by atoms with van der Waals surface area (Å²) in [6, 6.07) is 10.9. The van der Waals surface area contributed by atoms with Crippen LogP contribution in [0.4, 0.5) is 17.1 Å². The van der Waals surface area contributed by atoms with Crippen molar-refractivity contribution in [1.29, 1.82) is 0 Å². The zero-order chi connectivity index (χ0) is 21.7. The maximum Gasteiger partial charge on any atom is 0.339 e. The summed E-state index contributed by atoms with van der Waals surface area (Å²) in [6.45, 7) is 1.50. The summed E-state index contributed by atoms with van der Waals surface area (Å²) in [5.41, 5.74) is 1.10. The van der Waals surface area contributed by atoms with Crippen LogP contribution in [0.25, 0.3) is 0 Å². The lowest BCUT2D eigenvalue weighted by Crippen LogP contribution is -2.34. The van der Waals surface area contributed by atoms with E-state index in [1.807, 2.05) is 4.90 Å². The molecular weight excluding hydrogens is 408 g/mol. The molecule has 1 aliphatic rings. The van der Waals surface area contributed by atoms with Crippen LogP contribution in [0.5, 0.6) is 0 Å². The van der Waals surface area contributed by atoms with Crippen molar-refractivity contribution in [3.05, 3.63) is 63.7 Å². The van der Waals surface area contributed by atoms with Crippen LogP contribution in [-0.4, -0.2) is 42.1 Å². The maximum absolute atomic E-state index is 12.6. The van der Waals surface area contributed by atoms with Gasteiger partial charge in [0.1, 0.15) is 5.69 Å². The number of methoxy groups -OCH3 is 1. The third-order valence-corrected chi connectivity index (χ3v) is 4.89. The quantitative estimate of drug-likeness (QED) is 0.323. The molecule has 0 saturated carbocycles. The first-order chi connectivity index (χ1) is 14.4. The number of nitro groups is 1. The Hall–Kier alpha value is -3.53. The van der Waals surface area contributed by atoms with Crippen molar-refractivity contribution in [3.8, 4) is 0 Å². The van der Waals surface area contributed by atoms with Gasteiger partial charge in [0.2, 0.25) is 0 Å². The minimum atomic E-state index is -0.598. The highest BCUT2D eigenvalue weighted by molar-refractivity contribution is 7.80. The van der Waals surface area contributed by atoms with Gasteiger partial charge in [0.25, 0.3) is 11.6 Å². The van der Waals surface area contributed by atoms with Crippen molar-refractivity contribution in [1.82, 2.24) is 5.32 Å². The molecule has 2 aromatic rings. The van der Waals surface area contributed by atoms with Gasteiger partial charge in [-0.1, -0.05) is 12.1 Å². The molecule has 1 saturated heterocycles. The fourth-order valence-electron chi connectivity index (χ4n) is 3.25. The molecule has 3 rings (SSSR count). The minimum absolute atomic E-state index is 0.0531. The van der Waals surface area contributed by atoms with Gasteiger partial charge in [-0.25, -0.2) is 4.79 Å². The summed E-state index contributed by atoms with van der Waals surface area (Å²) < 4.78 is 4.72. The molecule has 156 valence electrons. The number of benzene rings is 2. The van der Waals surface area contributed by atoms with E-state index >= 15 is 0 Å². The Morgan fingerprint density at radius 2 is 1.87 bits per heavy atom. The summed E-state index contributed by atoms with van der Waals surface area (Å²) in [5.74, 6) is -1.15. The number of ether oxygens (including phenoxy) is 1. The second kappa shape index (κ2) is 9.31. The monoisotopic (exact) mass is 428 g/mol. The zero-order valence-electron chi connectivity index (χ0n) is 16.2. The highest BCUT2D eigenvalue weighted by Crippen LogP contribution is 2.31. The van der Waals surface area contributed by atoms with Crippen LogP contribution in [-0.2, 0) is 4.74 Å². The molecule has 30 heavy (non-hydrogen) atoms. The molecule has 0 radical (unpaired) electrons. The van der Waals surface area contributed by atoms with E-state index in [0.29, 0.717) is 11.4 Å². The molecule has 9 nitrogen and oxygen atoms in total. The number of anilines is 2. The first-order valence-corrected chi connectivity index (χ1v) is 9.64. The first-order valence-electron chi connectivity index (χ1n) is 9.23. The number of para-hydroxylation sites is 1. The van der Waals surface area contributed by atoms with E-state index in [9.17, 15) is 19.7 Å². The van der Waals surface area contributed by atoms with Crippen LogP contribution >= 0.6 is 12.2 Å². The molecule has 2 aromatic carbocycles. The van der Waals surface area contributed by atoms with Gasteiger partial charge in [0.15, 0.2) is 5.11 Å². The van der Waals surface area contributed by atoms with Gasteiger partial charge < -0.3 is 15.0 Å². The third kappa shape index (κ3) is 4.71. The number of rotatable bonds is 5. The average Bonchev–Trinajstić information content (AvgIpc) is 3.27. The van der Waals surface area contributed by atoms with Crippen LogP contribution in [0.15, 0.2) is 42.5 Å². The van der Waals surface area contributed by atoms with E-state index in [2.05, 4.69) is 10.6 Å². The Morgan fingerprint density at radius 3 is 2.53 bits per heavy atom. The number of hydrogen-bond acceptors (Lipinski definition) is 7. The second-order valence-corrected chi connectivity index (χ2v) is 7.01. The van der Waals surface area contributed by atoms with Gasteiger partial charge in [-0.05, 0) is 49.3 Å². The Balaban J connectivity index is 1.74. The molecule has 1 heterocycles. The molecule has 0 aliphatic carbocycles. The number of nitrogens with one attached hydrogen (secondary N) is 2. The summed E-state index contributed by atoms with van der Waals surface area (Å²) in [6.07, 6.45) is 1.96. The molecule has 1 amide bonds. The van der Waals surface area contributed by atoms with Crippen molar-refractivity contribution < 1.29 is 19.2 Å². The van der Waals surface area contributed by atoms with Crippen LogP contribution in [0.1, 0.15) is 33.6 Å². The standard InChI is InChI=1S/C20H20N4O5S/c1-29-19(26)14-6-2-3-7-15(14)21-20(30)22-18(25)13-8-9-16(17(12-13)24(27)28)23-10-4-5-11-23/h2-3,6-9,12H,4-5,10-11H2,1H3,(H2,21,22,25,30). The Bertz CT molecular complexity index is 1000. The minimum Gasteiger partial charge on any atom is -0.465 e. The highest BCUT2D eigenvalue weighted by atomic mass is 32.1. The van der Waals surface area contributed by atoms with Crippen molar-refractivity contribution in [2.75, 3.05) is 30.4 Å². The Kier molecular flexibility index (Phi) is 6.58. The molecule has 0 aromatic heterocycles. The van der Waals surface area contributed by atoms with Crippen molar-refractivity contribution in [2.24, 2.45) is 0 Å². The summed E-state index contributed by atoms with van der Waals surface area (Å²) in [5, 5.41) is 16.7. The van der Waals surface area contributed by atoms with Gasteiger partial charge in [0, 0.05) is 24.7 Å². The van der Waals surface area contributed by atoms with Crippen LogP contribution in [0.3, 0.4) is 0 Å². The summed E-state index contributed by atoms with van der Waals surface area (Å²) in [4.78, 5) is 37.4. The van der Waals surface area contributed by atoms with Crippen LogP contribution in [0.2, 0.25) is 0 Å². The molecule has 10 heteroatoms. The van der Waals surface area contributed by atoms with E-state index in [1.54, 1.807) is 30.3 Å². The van der Waals surface area contributed by atoms with E-state index < -0.39 is 16.8 Å². The smallest absolute Gasteiger partial charge is 0.339 e. The number of thiocarbonyl (C=S) groups is 1. The van der Waals surface area contributed by atoms with Gasteiger partial charge in [-0.15, -0.1) is 0 Å². The predicted octanol–water partition coefficient (Wildman–Crippen LogP) is 3.11. The number of nitro benzene ring substituents is 1. The zero-order valence-corrected chi connectivity index (χ0v) is 17.0. The molecule has 0 spiro atoms. The van der Waals surface area contributed by atoms with E-state index in [0.717, 1.165) is 25.9 Å².